The first-order valence-electron chi connectivity index (χ1n) is 4.99. The molecule has 1 atom stereocenters. The van der Waals surface area contributed by atoms with Crippen molar-refractivity contribution >= 4 is 75.6 Å². The molecular weight excluding hydrogens is 395 g/mol. The second kappa shape index (κ2) is 6.55. The highest BCUT2D eigenvalue weighted by molar-refractivity contribution is 6.67. The first kappa shape index (κ1) is 18.3. The van der Waals surface area contributed by atoms with Crippen molar-refractivity contribution in [3.05, 3.63) is 17.5 Å². The molecule has 1 aromatic rings. The van der Waals surface area contributed by atoms with Gasteiger partial charge in [-0.05, 0) is 6.92 Å². The Morgan fingerprint density at radius 2 is 1.40 bits per heavy atom. The normalized spacial score (nSPS) is 14.0. The molecule has 0 fully saturated rings. The number of ether oxygens (including phenoxy) is 1. The molecule has 0 radical (unpaired) electrons. The van der Waals surface area contributed by atoms with Crippen molar-refractivity contribution in [1.29, 1.82) is 0 Å². The van der Waals surface area contributed by atoms with Crippen molar-refractivity contribution in [3.63, 3.8) is 0 Å². The van der Waals surface area contributed by atoms with Crippen molar-refractivity contribution in [2.24, 2.45) is 0 Å². The molecule has 1 unspecified atom stereocenters. The molecule has 0 saturated carbocycles. The maximum Gasteiger partial charge on any atom is 0.303 e. The number of aromatic nitrogens is 3. The van der Waals surface area contributed by atoms with Gasteiger partial charge in [0.05, 0.1) is 0 Å². The molecule has 0 N–H and O–H groups in total. The summed E-state index contributed by atoms with van der Waals surface area (Å²) < 4.78 is 1.03. The van der Waals surface area contributed by atoms with E-state index in [1.807, 2.05) is 0 Å². The summed E-state index contributed by atoms with van der Waals surface area (Å²) in [6, 6.07) is 0. The number of nitrogens with zero attached hydrogens (tertiary/aromatic N) is 3. The molecule has 1 aromatic heterocycles. The van der Waals surface area contributed by atoms with Gasteiger partial charge < -0.3 is 4.74 Å². The molecule has 0 aromatic carbocycles. The SMILES string of the molecule is CC(=O)OC(C)c1nc(C(Cl)(Cl)Cl)nc(C(Cl)(Cl)Cl)n1. The summed E-state index contributed by atoms with van der Waals surface area (Å²) in [5.41, 5.74) is 0. The smallest absolute Gasteiger partial charge is 0.303 e. The number of carbonyl (C=O) groups is 1. The van der Waals surface area contributed by atoms with Crippen LogP contribution < -0.4 is 0 Å². The van der Waals surface area contributed by atoms with E-state index in [-0.39, 0.29) is 17.5 Å². The summed E-state index contributed by atoms with van der Waals surface area (Å²) in [4.78, 5) is 22.5. The number of hydrogen-bond acceptors (Lipinski definition) is 5. The van der Waals surface area contributed by atoms with Crippen molar-refractivity contribution < 1.29 is 9.53 Å². The van der Waals surface area contributed by atoms with Gasteiger partial charge in [0.2, 0.25) is 7.59 Å². The van der Waals surface area contributed by atoms with Gasteiger partial charge >= 0.3 is 5.97 Å². The highest BCUT2D eigenvalue weighted by atomic mass is 35.6. The first-order valence-corrected chi connectivity index (χ1v) is 7.25. The van der Waals surface area contributed by atoms with Gasteiger partial charge in [0.15, 0.2) is 23.6 Å². The van der Waals surface area contributed by atoms with Crippen LogP contribution in [0.15, 0.2) is 0 Å². The van der Waals surface area contributed by atoms with Crippen LogP contribution in [0.25, 0.3) is 0 Å². The highest BCUT2D eigenvalue weighted by Crippen LogP contribution is 2.40. The van der Waals surface area contributed by atoms with E-state index in [1.54, 1.807) is 0 Å². The Hall–Kier alpha value is 0.220. The molecule has 1 rings (SSSR count). The quantitative estimate of drug-likeness (QED) is 0.550. The van der Waals surface area contributed by atoms with Gasteiger partial charge in [0.1, 0.15) is 0 Å². The number of rotatable bonds is 2. The minimum atomic E-state index is -1.95. The zero-order chi connectivity index (χ0) is 15.7. The van der Waals surface area contributed by atoms with Gasteiger partial charge in [-0.1, -0.05) is 69.6 Å². The Bertz CT molecular complexity index is 481. The van der Waals surface area contributed by atoms with Gasteiger partial charge in [-0.2, -0.15) is 0 Å². The zero-order valence-electron chi connectivity index (χ0n) is 10.0. The van der Waals surface area contributed by atoms with E-state index in [1.165, 1.54) is 13.8 Å². The Morgan fingerprint density at radius 1 is 1.00 bits per heavy atom. The van der Waals surface area contributed by atoms with E-state index in [4.69, 9.17) is 74.3 Å². The van der Waals surface area contributed by atoms with E-state index >= 15 is 0 Å². The Labute approximate surface area is 144 Å². The molecule has 11 heteroatoms. The summed E-state index contributed by atoms with van der Waals surface area (Å²) >= 11 is 34.2. The molecule has 0 spiro atoms. The van der Waals surface area contributed by atoms with Crippen LogP contribution in [0.5, 0.6) is 0 Å². The van der Waals surface area contributed by atoms with Crippen molar-refractivity contribution in [3.8, 4) is 0 Å². The predicted octanol–water partition coefficient (Wildman–Crippen LogP) is 4.15. The van der Waals surface area contributed by atoms with Crippen LogP contribution in [0.3, 0.4) is 0 Å². The Balaban J connectivity index is 3.34. The first-order chi connectivity index (χ1) is 8.91. The maximum atomic E-state index is 10.9. The molecule has 5 nitrogen and oxygen atoms in total. The van der Waals surface area contributed by atoms with Crippen LogP contribution in [0, 0.1) is 0 Å². The second-order valence-electron chi connectivity index (χ2n) is 3.59. The molecule has 0 amide bonds. The fourth-order valence-electron chi connectivity index (χ4n) is 1.13. The minimum absolute atomic E-state index is 0.00199. The number of halogens is 6. The Kier molecular flexibility index (Phi) is 5.98. The van der Waals surface area contributed by atoms with Gasteiger partial charge in [0.25, 0.3) is 0 Å². The van der Waals surface area contributed by atoms with Gasteiger partial charge in [0, 0.05) is 6.92 Å². The third-order valence-corrected chi connectivity index (χ3v) is 2.88. The topological polar surface area (TPSA) is 65.0 Å². The van der Waals surface area contributed by atoms with Crippen LogP contribution in [0.4, 0.5) is 0 Å². The van der Waals surface area contributed by atoms with E-state index < -0.39 is 19.7 Å². The molecule has 1 heterocycles. The van der Waals surface area contributed by atoms with Crippen molar-refractivity contribution in [2.45, 2.75) is 27.5 Å². The lowest BCUT2D eigenvalue weighted by molar-refractivity contribution is -0.146. The van der Waals surface area contributed by atoms with Crippen LogP contribution >= 0.6 is 69.6 Å². The molecule has 0 aliphatic carbocycles. The fourth-order valence-corrected chi connectivity index (χ4v) is 1.64. The van der Waals surface area contributed by atoms with Crippen LogP contribution in [-0.4, -0.2) is 20.9 Å². The lowest BCUT2D eigenvalue weighted by Gasteiger charge is -2.17. The minimum Gasteiger partial charge on any atom is -0.455 e. The molecule has 20 heavy (non-hydrogen) atoms. The van der Waals surface area contributed by atoms with Crippen LogP contribution in [-0.2, 0) is 17.1 Å². The van der Waals surface area contributed by atoms with E-state index in [0.717, 1.165) is 0 Å². The van der Waals surface area contributed by atoms with Crippen LogP contribution in [0.1, 0.15) is 37.4 Å². The molecule has 0 aliphatic rings. The number of esters is 1. The summed E-state index contributed by atoms with van der Waals surface area (Å²) in [5, 5.41) is 0. The number of alkyl halides is 6. The average molecular weight is 402 g/mol. The Morgan fingerprint density at radius 3 is 1.70 bits per heavy atom. The molecular formula is C9H7Cl6N3O2. The van der Waals surface area contributed by atoms with Gasteiger partial charge in [-0.15, -0.1) is 0 Å². The number of carbonyl (C=O) groups excluding carboxylic acids is 1. The average Bonchev–Trinajstić information content (AvgIpc) is 2.25. The standard InChI is InChI=1S/C9H7Cl6N3O2/c1-3(20-4(2)19)5-16-6(8(10,11)12)18-7(17-5)9(13,14)15/h3H,1-2H3. The predicted molar refractivity (Wildman–Crippen MR) is 78.5 cm³/mol. The van der Waals surface area contributed by atoms with E-state index in [0.29, 0.717) is 0 Å². The molecule has 0 saturated heterocycles. The third kappa shape index (κ3) is 5.20. The monoisotopic (exact) mass is 399 g/mol. The lowest BCUT2D eigenvalue weighted by Crippen LogP contribution is -2.20. The zero-order valence-corrected chi connectivity index (χ0v) is 14.5. The van der Waals surface area contributed by atoms with Crippen molar-refractivity contribution in [2.75, 3.05) is 0 Å². The summed E-state index contributed by atoms with van der Waals surface area (Å²) in [5.74, 6) is -1.03. The fraction of sp³-hybridized carbons (Fsp3) is 0.556. The van der Waals surface area contributed by atoms with Crippen molar-refractivity contribution in [1.82, 2.24) is 15.0 Å². The largest absolute Gasteiger partial charge is 0.455 e. The molecule has 112 valence electrons. The third-order valence-electron chi connectivity index (χ3n) is 1.87. The summed E-state index contributed by atoms with van der Waals surface area (Å²) in [6.45, 7) is 2.74. The van der Waals surface area contributed by atoms with E-state index in [2.05, 4.69) is 15.0 Å². The lowest BCUT2D eigenvalue weighted by atomic mass is 10.3. The maximum absolute atomic E-state index is 10.9. The summed E-state index contributed by atoms with van der Waals surface area (Å²) in [7, 11) is 0. The number of hydrogen-bond donors (Lipinski definition) is 0. The molecule has 0 bridgehead atoms. The highest BCUT2D eigenvalue weighted by Gasteiger charge is 2.34. The second-order valence-corrected chi connectivity index (χ2v) is 8.15. The van der Waals surface area contributed by atoms with Crippen LogP contribution in [0.2, 0.25) is 0 Å². The summed E-state index contributed by atoms with van der Waals surface area (Å²) in [6.07, 6.45) is -0.826. The van der Waals surface area contributed by atoms with Gasteiger partial charge in [-0.3, -0.25) is 4.79 Å². The molecule has 0 aliphatic heterocycles. The van der Waals surface area contributed by atoms with Gasteiger partial charge in [-0.25, -0.2) is 15.0 Å². The van der Waals surface area contributed by atoms with E-state index in [9.17, 15) is 4.79 Å².